The number of rotatable bonds is 6. The van der Waals surface area contributed by atoms with Gasteiger partial charge in [-0.2, -0.15) is 0 Å². The summed E-state index contributed by atoms with van der Waals surface area (Å²) in [5.74, 6) is 1.27. The highest BCUT2D eigenvalue weighted by molar-refractivity contribution is 7.99. The van der Waals surface area contributed by atoms with Crippen LogP contribution in [-0.2, 0) is 10.5 Å². The molecule has 4 rings (SSSR count). The fraction of sp³-hybridized carbons (Fsp3) is 0.0952. The molecule has 0 atom stereocenters. The lowest BCUT2D eigenvalue weighted by Gasteiger charge is -2.15. The molecule has 2 heterocycles. The summed E-state index contributed by atoms with van der Waals surface area (Å²) in [5, 5.41) is 4.45. The first-order chi connectivity index (χ1) is 14.1. The number of carbonyl (C=O) groups is 1. The highest BCUT2D eigenvalue weighted by atomic mass is 32.2. The lowest BCUT2D eigenvalue weighted by molar-refractivity contribution is -0.113. The summed E-state index contributed by atoms with van der Waals surface area (Å²) in [7, 11) is 0. The molecule has 0 radical (unpaired) electrons. The summed E-state index contributed by atoms with van der Waals surface area (Å²) >= 11 is 1.37. The highest BCUT2D eigenvalue weighted by Gasteiger charge is 2.14. The number of aromatic nitrogens is 2. The fourth-order valence-corrected chi connectivity index (χ4v) is 3.77. The topological polar surface area (TPSA) is 97.1 Å². The minimum absolute atomic E-state index is 0.124. The van der Waals surface area contributed by atoms with Crippen molar-refractivity contribution >= 4 is 34.3 Å². The maximum absolute atomic E-state index is 12.6. The van der Waals surface area contributed by atoms with Crippen LogP contribution in [-0.4, -0.2) is 21.2 Å². The number of aromatic amines is 1. The average molecular weight is 407 g/mol. The zero-order valence-corrected chi connectivity index (χ0v) is 16.1. The van der Waals surface area contributed by atoms with Gasteiger partial charge < -0.3 is 9.73 Å². The Morgan fingerprint density at radius 3 is 2.72 bits per heavy atom. The molecular formula is C21H17N3O4S. The van der Waals surface area contributed by atoms with Crippen molar-refractivity contribution in [1.82, 2.24) is 9.55 Å². The molecule has 1 amide bonds. The van der Waals surface area contributed by atoms with Crippen LogP contribution in [0.15, 0.2) is 80.9 Å². The Hall–Kier alpha value is -3.52. The van der Waals surface area contributed by atoms with Crippen LogP contribution < -0.4 is 16.6 Å². The molecule has 0 saturated carbocycles. The van der Waals surface area contributed by atoms with E-state index in [4.69, 9.17) is 4.42 Å². The monoisotopic (exact) mass is 407 g/mol. The summed E-state index contributed by atoms with van der Waals surface area (Å²) in [6, 6.07) is 17.9. The van der Waals surface area contributed by atoms with Gasteiger partial charge in [-0.1, -0.05) is 36.4 Å². The van der Waals surface area contributed by atoms with E-state index in [-0.39, 0.29) is 17.5 Å². The number of nitrogens with zero attached hydrogens (tertiary/aromatic N) is 1. The largest absolute Gasteiger partial charge is 0.468 e. The molecule has 146 valence electrons. The zero-order chi connectivity index (χ0) is 20.2. The lowest BCUT2D eigenvalue weighted by atomic mass is 10.1. The standard InChI is InChI=1S/C21H17N3O4S/c25-19-11-18(22-20(26)13-29-12-15-7-4-10-28-15)24(21(27)23-19)17-9-3-6-14-5-1-2-8-16(14)17/h1-11H,12-13H2,(H,22,26)(H,23,25,27). The van der Waals surface area contributed by atoms with Gasteiger partial charge in [-0.05, 0) is 23.6 Å². The predicted molar refractivity (Wildman–Crippen MR) is 114 cm³/mol. The van der Waals surface area contributed by atoms with E-state index < -0.39 is 11.2 Å². The predicted octanol–water partition coefficient (Wildman–Crippen LogP) is 3.14. The molecule has 0 aliphatic heterocycles. The van der Waals surface area contributed by atoms with Crippen LogP contribution in [0.3, 0.4) is 0 Å². The van der Waals surface area contributed by atoms with E-state index in [1.165, 1.54) is 22.4 Å². The van der Waals surface area contributed by atoms with Gasteiger partial charge in [0.05, 0.1) is 23.5 Å². The second-order valence-corrected chi connectivity index (χ2v) is 7.26. The number of benzene rings is 2. The smallest absolute Gasteiger partial charge is 0.334 e. The molecular weight excluding hydrogens is 390 g/mol. The maximum Gasteiger partial charge on any atom is 0.334 e. The number of fused-ring (bicyclic) bond motifs is 1. The molecule has 0 aliphatic carbocycles. The second-order valence-electron chi connectivity index (χ2n) is 6.28. The molecule has 2 aromatic carbocycles. The summed E-state index contributed by atoms with van der Waals surface area (Å²) < 4.78 is 6.54. The summed E-state index contributed by atoms with van der Waals surface area (Å²) in [6.45, 7) is 0. The molecule has 8 heteroatoms. The normalized spacial score (nSPS) is 10.9. The van der Waals surface area contributed by atoms with E-state index in [0.717, 1.165) is 16.5 Å². The number of thioether (sulfide) groups is 1. The van der Waals surface area contributed by atoms with Gasteiger partial charge >= 0.3 is 5.69 Å². The quantitative estimate of drug-likeness (QED) is 0.512. The Balaban J connectivity index is 1.64. The molecule has 29 heavy (non-hydrogen) atoms. The Morgan fingerprint density at radius 2 is 1.90 bits per heavy atom. The van der Waals surface area contributed by atoms with Gasteiger partial charge in [0, 0.05) is 11.5 Å². The van der Waals surface area contributed by atoms with Crippen molar-refractivity contribution in [1.29, 1.82) is 0 Å². The summed E-state index contributed by atoms with van der Waals surface area (Å²) in [4.78, 5) is 39.1. The van der Waals surface area contributed by atoms with E-state index in [9.17, 15) is 14.4 Å². The molecule has 0 saturated heterocycles. The van der Waals surface area contributed by atoms with Gasteiger partial charge in [0.1, 0.15) is 11.6 Å². The van der Waals surface area contributed by atoms with Gasteiger partial charge in [-0.15, -0.1) is 11.8 Å². The van der Waals surface area contributed by atoms with Gasteiger partial charge in [0.2, 0.25) is 5.91 Å². The van der Waals surface area contributed by atoms with Crippen molar-refractivity contribution in [3.63, 3.8) is 0 Å². The van der Waals surface area contributed by atoms with Gasteiger partial charge in [-0.3, -0.25) is 14.6 Å². The Labute approximate surface area is 169 Å². The molecule has 0 spiro atoms. The van der Waals surface area contributed by atoms with Gasteiger partial charge in [-0.25, -0.2) is 9.36 Å². The van der Waals surface area contributed by atoms with Crippen molar-refractivity contribution in [3.8, 4) is 5.69 Å². The van der Waals surface area contributed by atoms with Crippen molar-refractivity contribution in [2.45, 2.75) is 5.75 Å². The molecule has 0 bridgehead atoms. The van der Waals surface area contributed by atoms with Crippen LogP contribution in [0.4, 0.5) is 5.82 Å². The van der Waals surface area contributed by atoms with E-state index in [0.29, 0.717) is 11.4 Å². The van der Waals surface area contributed by atoms with E-state index >= 15 is 0 Å². The molecule has 0 unspecified atom stereocenters. The van der Waals surface area contributed by atoms with E-state index in [1.807, 2.05) is 42.5 Å². The number of furan rings is 1. The van der Waals surface area contributed by atoms with Gasteiger partial charge in [0.25, 0.3) is 5.56 Å². The molecule has 0 fully saturated rings. The fourth-order valence-electron chi connectivity index (χ4n) is 3.05. The first-order valence-electron chi connectivity index (χ1n) is 8.86. The third kappa shape index (κ3) is 4.17. The van der Waals surface area contributed by atoms with Crippen LogP contribution in [0.2, 0.25) is 0 Å². The minimum atomic E-state index is -0.618. The molecule has 7 nitrogen and oxygen atoms in total. The number of anilines is 1. The SMILES string of the molecule is O=C(CSCc1ccco1)Nc1cc(=O)[nH]c(=O)n1-c1cccc2ccccc12. The van der Waals surface area contributed by atoms with Crippen molar-refractivity contribution in [2.24, 2.45) is 0 Å². The summed E-state index contributed by atoms with van der Waals surface area (Å²) in [5.41, 5.74) is -0.625. The third-order valence-corrected chi connectivity index (χ3v) is 5.23. The molecule has 2 aromatic heterocycles. The molecule has 4 aromatic rings. The van der Waals surface area contributed by atoms with Crippen LogP contribution >= 0.6 is 11.8 Å². The minimum Gasteiger partial charge on any atom is -0.468 e. The highest BCUT2D eigenvalue weighted by Crippen LogP contribution is 2.23. The Kier molecular flexibility index (Phi) is 5.35. The van der Waals surface area contributed by atoms with Crippen molar-refractivity contribution < 1.29 is 9.21 Å². The average Bonchev–Trinajstić information content (AvgIpc) is 3.21. The second kappa shape index (κ2) is 8.24. The Morgan fingerprint density at radius 1 is 1.07 bits per heavy atom. The zero-order valence-electron chi connectivity index (χ0n) is 15.3. The van der Waals surface area contributed by atoms with Gasteiger partial charge in [0.15, 0.2) is 0 Å². The number of amides is 1. The van der Waals surface area contributed by atoms with E-state index in [1.54, 1.807) is 18.4 Å². The maximum atomic E-state index is 12.6. The first-order valence-corrected chi connectivity index (χ1v) is 10.0. The van der Waals surface area contributed by atoms with Crippen LogP contribution in [0, 0.1) is 0 Å². The number of hydrogen-bond acceptors (Lipinski definition) is 5. The van der Waals surface area contributed by atoms with Crippen LogP contribution in [0.1, 0.15) is 5.76 Å². The molecule has 0 aliphatic rings. The van der Waals surface area contributed by atoms with Crippen molar-refractivity contribution in [3.05, 3.63) is 93.5 Å². The number of hydrogen-bond donors (Lipinski definition) is 2. The Bertz CT molecular complexity index is 1270. The first kappa shape index (κ1) is 18.8. The van der Waals surface area contributed by atoms with Crippen LogP contribution in [0.25, 0.3) is 16.5 Å². The van der Waals surface area contributed by atoms with E-state index in [2.05, 4.69) is 10.3 Å². The third-order valence-electron chi connectivity index (χ3n) is 4.27. The molecule has 2 N–H and O–H groups in total. The van der Waals surface area contributed by atoms with Crippen LogP contribution in [0.5, 0.6) is 0 Å². The number of H-pyrrole nitrogens is 1. The lowest BCUT2D eigenvalue weighted by Crippen LogP contribution is -2.32. The number of carbonyl (C=O) groups excluding carboxylic acids is 1. The number of nitrogens with one attached hydrogen (secondary N) is 2. The summed E-state index contributed by atoms with van der Waals surface area (Å²) in [6.07, 6.45) is 1.58. The van der Waals surface area contributed by atoms with Crippen molar-refractivity contribution in [2.75, 3.05) is 11.1 Å².